The molecule has 0 radical (unpaired) electrons. The Morgan fingerprint density at radius 3 is 2.36 bits per heavy atom. The lowest BCUT2D eigenvalue weighted by molar-refractivity contribution is -0.130. The van der Waals surface area contributed by atoms with Crippen LogP contribution in [0.2, 0.25) is 0 Å². The van der Waals surface area contributed by atoms with Crippen molar-refractivity contribution in [1.82, 2.24) is 9.80 Å². The van der Waals surface area contributed by atoms with Crippen LogP contribution in [0.3, 0.4) is 0 Å². The molecule has 1 unspecified atom stereocenters. The van der Waals surface area contributed by atoms with Crippen LogP contribution in [0.5, 0.6) is 0 Å². The summed E-state index contributed by atoms with van der Waals surface area (Å²) in [5, 5.41) is 0. The Kier molecular flexibility index (Phi) is 4.26. The van der Waals surface area contributed by atoms with Crippen LogP contribution in [0.15, 0.2) is 30.3 Å². The van der Waals surface area contributed by atoms with E-state index in [-0.39, 0.29) is 5.91 Å². The van der Waals surface area contributed by atoms with E-state index in [0.29, 0.717) is 17.4 Å². The zero-order valence-electron chi connectivity index (χ0n) is 14.1. The molecule has 3 heteroatoms. The van der Waals surface area contributed by atoms with Crippen LogP contribution < -0.4 is 0 Å². The highest BCUT2D eigenvalue weighted by atomic mass is 16.2. The lowest BCUT2D eigenvalue weighted by atomic mass is 9.78. The van der Waals surface area contributed by atoms with Gasteiger partial charge in [-0.2, -0.15) is 0 Å². The summed E-state index contributed by atoms with van der Waals surface area (Å²) in [5.74, 6) is 0.835. The lowest BCUT2D eigenvalue weighted by Gasteiger charge is -2.36. The summed E-state index contributed by atoms with van der Waals surface area (Å²) >= 11 is 0. The smallest absolute Gasteiger partial charge is 0.219 e. The molecule has 3 nitrogen and oxygen atoms in total. The van der Waals surface area contributed by atoms with Crippen molar-refractivity contribution in [3.63, 3.8) is 0 Å². The monoisotopic (exact) mass is 300 g/mol. The summed E-state index contributed by atoms with van der Waals surface area (Å²) in [5.41, 5.74) is 1.79. The SMILES string of the molecule is CC(=O)N1CCC(N2CC(c3ccccc3)C(C)(C)C2)CC1. The molecule has 1 amide bonds. The topological polar surface area (TPSA) is 23.6 Å². The van der Waals surface area contributed by atoms with Gasteiger partial charge in [0, 0.05) is 45.1 Å². The maximum absolute atomic E-state index is 11.5. The molecule has 0 aromatic heterocycles. The third kappa shape index (κ3) is 3.05. The normalized spacial score (nSPS) is 26.3. The fourth-order valence-electron chi connectivity index (χ4n) is 4.25. The van der Waals surface area contributed by atoms with E-state index in [0.717, 1.165) is 39.0 Å². The first kappa shape index (κ1) is 15.5. The minimum atomic E-state index is 0.224. The highest BCUT2D eigenvalue weighted by molar-refractivity contribution is 5.73. The van der Waals surface area contributed by atoms with Crippen LogP contribution in [0.1, 0.15) is 45.1 Å². The lowest BCUT2D eigenvalue weighted by Crippen LogP contribution is -2.45. The van der Waals surface area contributed by atoms with Crippen LogP contribution in [0, 0.1) is 5.41 Å². The maximum atomic E-state index is 11.5. The van der Waals surface area contributed by atoms with Crippen LogP contribution >= 0.6 is 0 Å². The van der Waals surface area contributed by atoms with E-state index >= 15 is 0 Å². The molecule has 2 aliphatic rings. The number of likely N-dealkylation sites (tertiary alicyclic amines) is 2. The Morgan fingerprint density at radius 2 is 1.77 bits per heavy atom. The van der Waals surface area contributed by atoms with Gasteiger partial charge in [-0.25, -0.2) is 0 Å². The molecule has 2 heterocycles. The molecule has 0 saturated carbocycles. The van der Waals surface area contributed by atoms with Crippen molar-refractivity contribution in [1.29, 1.82) is 0 Å². The Labute approximate surface area is 134 Å². The molecular weight excluding hydrogens is 272 g/mol. The number of hydrogen-bond acceptors (Lipinski definition) is 2. The number of carbonyl (C=O) groups is 1. The first-order valence-corrected chi connectivity index (χ1v) is 8.52. The van der Waals surface area contributed by atoms with Crippen molar-refractivity contribution >= 4 is 5.91 Å². The van der Waals surface area contributed by atoms with Gasteiger partial charge in [-0.05, 0) is 23.8 Å². The van der Waals surface area contributed by atoms with Crippen molar-refractivity contribution in [2.24, 2.45) is 5.41 Å². The molecule has 0 spiro atoms. The molecule has 0 bridgehead atoms. The molecule has 2 fully saturated rings. The van der Waals surface area contributed by atoms with Gasteiger partial charge < -0.3 is 4.90 Å². The summed E-state index contributed by atoms with van der Waals surface area (Å²) in [6.45, 7) is 10.6. The number of nitrogens with zero attached hydrogens (tertiary/aromatic N) is 2. The van der Waals surface area contributed by atoms with Crippen molar-refractivity contribution in [2.45, 2.75) is 45.6 Å². The van der Waals surface area contributed by atoms with Gasteiger partial charge >= 0.3 is 0 Å². The van der Waals surface area contributed by atoms with Gasteiger partial charge in [0.15, 0.2) is 0 Å². The summed E-state index contributed by atoms with van der Waals surface area (Å²) < 4.78 is 0. The Balaban J connectivity index is 1.67. The molecule has 3 rings (SSSR count). The predicted molar refractivity (Wildman–Crippen MR) is 89.8 cm³/mol. The zero-order chi connectivity index (χ0) is 15.7. The van der Waals surface area contributed by atoms with E-state index in [1.54, 1.807) is 6.92 Å². The maximum Gasteiger partial charge on any atom is 0.219 e. The quantitative estimate of drug-likeness (QED) is 0.838. The molecule has 2 aliphatic heterocycles. The average Bonchev–Trinajstić information content (AvgIpc) is 2.84. The van der Waals surface area contributed by atoms with Crippen LogP contribution in [0.4, 0.5) is 0 Å². The number of benzene rings is 1. The summed E-state index contributed by atoms with van der Waals surface area (Å²) in [6.07, 6.45) is 2.24. The van der Waals surface area contributed by atoms with Gasteiger partial charge in [-0.1, -0.05) is 44.2 Å². The van der Waals surface area contributed by atoms with Gasteiger partial charge in [0.1, 0.15) is 0 Å². The molecular formula is C19H28N2O. The molecule has 1 aromatic rings. The number of rotatable bonds is 2. The van der Waals surface area contributed by atoms with Crippen molar-refractivity contribution < 1.29 is 4.79 Å². The molecule has 120 valence electrons. The van der Waals surface area contributed by atoms with Crippen LogP contribution in [-0.2, 0) is 4.79 Å². The van der Waals surface area contributed by atoms with Crippen molar-refractivity contribution in [3.8, 4) is 0 Å². The molecule has 2 saturated heterocycles. The first-order chi connectivity index (χ1) is 10.5. The van der Waals surface area contributed by atoms with E-state index in [1.165, 1.54) is 5.56 Å². The standard InChI is InChI=1S/C19H28N2O/c1-15(22)20-11-9-17(10-12-20)21-13-18(19(2,3)14-21)16-7-5-4-6-8-16/h4-8,17-18H,9-14H2,1-3H3. The minimum Gasteiger partial charge on any atom is -0.343 e. The second-order valence-electron chi connectivity index (χ2n) is 7.62. The third-order valence-corrected chi connectivity index (χ3v) is 5.60. The van der Waals surface area contributed by atoms with Crippen LogP contribution in [-0.4, -0.2) is 47.9 Å². The van der Waals surface area contributed by atoms with Gasteiger partial charge in [0.2, 0.25) is 5.91 Å². The van der Waals surface area contributed by atoms with E-state index in [1.807, 2.05) is 4.90 Å². The van der Waals surface area contributed by atoms with E-state index < -0.39 is 0 Å². The number of piperidine rings is 1. The molecule has 1 atom stereocenters. The van der Waals surface area contributed by atoms with Crippen molar-refractivity contribution in [2.75, 3.05) is 26.2 Å². The fraction of sp³-hybridized carbons (Fsp3) is 0.632. The number of carbonyl (C=O) groups excluding carboxylic acids is 1. The van der Waals surface area contributed by atoms with E-state index in [9.17, 15) is 4.79 Å². The van der Waals surface area contributed by atoms with E-state index in [4.69, 9.17) is 0 Å². The minimum absolute atomic E-state index is 0.224. The zero-order valence-corrected chi connectivity index (χ0v) is 14.1. The molecule has 0 N–H and O–H groups in total. The second-order valence-corrected chi connectivity index (χ2v) is 7.62. The molecule has 1 aromatic carbocycles. The Bertz CT molecular complexity index is 517. The van der Waals surface area contributed by atoms with Gasteiger partial charge in [0.05, 0.1) is 0 Å². The van der Waals surface area contributed by atoms with Gasteiger partial charge in [-0.3, -0.25) is 9.69 Å². The Morgan fingerprint density at radius 1 is 1.14 bits per heavy atom. The first-order valence-electron chi connectivity index (χ1n) is 8.52. The van der Waals surface area contributed by atoms with Gasteiger partial charge in [0.25, 0.3) is 0 Å². The van der Waals surface area contributed by atoms with E-state index in [2.05, 4.69) is 49.1 Å². The molecule has 22 heavy (non-hydrogen) atoms. The van der Waals surface area contributed by atoms with Gasteiger partial charge in [-0.15, -0.1) is 0 Å². The third-order valence-electron chi connectivity index (χ3n) is 5.60. The Hall–Kier alpha value is -1.35. The van der Waals surface area contributed by atoms with Crippen molar-refractivity contribution in [3.05, 3.63) is 35.9 Å². The number of amides is 1. The second kappa shape index (κ2) is 6.04. The average molecular weight is 300 g/mol. The summed E-state index contributed by atoms with van der Waals surface area (Å²) in [4.78, 5) is 16.1. The highest BCUT2D eigenvalue weighted by Crippen LogP contribution is 2.43. The highest BCUT2D eigenvalue weighted by Gasteiger charge is 2.42. The predicted octanol–water partition coefficient (Wildman–Crippen LogP) is 3.12. The summed E-state index contributed by atoms with van der Waals surface area (Å²) in [7, 11) is 0. The molecule has 0 aliphatic carbocycles. The largest absolute Gasteiger partial charge is 0.343 e. The number of hydrogen-bond donors (Lipinski definition) is 0. The van der Waals surface area contributed by atoms with Crippen LogP contribution in [0.25, 0.3) is 0 Å². The summed E-state index contributed by atoms with van der Waals surface area (Å²) in [6, 6.07) is 11.6. The fourth-order valence-corrected chi connectivity index (χ4v) is 4.25.